The van der Waals surface area contributed by atoms with E-state index in [0.29, 0.717) is 29.0 Å². The molecule has 23 heavy (non-hydrogen) atoms. The second-order valence-corrected chi connectivity index (χ2v) is 6.53. The molecule has 0 radical (unpaired) electrons. The number of benzene rings is 1. The fraction of sp³-hybridized carbons (Fsp3) is 0.188. The first-order chi connectivity index (χ1) is 11.1. The van der Waals surface area contributed by atoms with Crippen LogP contribution in [0.2, 0.25) is 0 Å². The second kappa shape index (κ2) is 6.39. The molecule has 0 aliphatic rings. The third kappa shape index (κ3) is 3.20. The fourth-order valence-electron chi connectivity index (χ4n) is 2.28. The van der Waals surface area contributed by atoms with Gasteiger partial charge in [0.25, 0.3) is 0 Å². The van der Waals surface area contributed by atoms with E-state index in [-0.39, 0.29) is 11.4 Å². The van der Waals surface area contributed by atoms with Gasteiger partial charge in [-0.3, -0.25) is 4.98 Å². The molecular formula is C16H16N2O4S. The van der Waals surface area contributed by atoms with Gasteiger partial charge in [-0.2, -0.15) is 0 Å². The first-order valence-corrected chi connectivity index (χ1v) is 8.62. The molecule has 0 saturated carbocycles. The number of aromatic nitrogens is 1. The van der Waals surface area contributed by atoms with Crippen molar-refractivity contribution in [2.24, 2.45) is 0 Å². The molecule has 0 spiro atoms. The Morgan fingerprint density at radius 1 is 1.22 bits per heavy atom. The van der Waals surface area contributed by atoms with Gasteiger partial charge < -0.3 is 9.15 Å². The molecular weight excluding hydrogens is 316 g/mol. The molecule has 0 atom stereocenters. The average molecular weight is 332 g/mol. The van der Waals surface area contributed by atoms with Crippen LogP contribution in [0.3, 0.4) is 0 Å². The van der Waals surface area contributed by atoms with Crippen LogP contribution in [0, 0.1) is 0 Å². The predicted octanol–water partition coefficient (Wildman–Crippen LogP) is 2.71. The summed E-state index contributed by atoms with van der Waals surface area (Å²) >= 11 is 0. The maximum absolute atomic E-state index is 12.6. The van der Waals surface area contributed by atoms with E-state index in [4.69, 9.17) is 9.15 Å². The molecule has 6 nitrogen and oxygen atoms in total. The van der Waals surface area contributed by atoms with Gasteiger partial charge in [0.2, 0.25) is 10.0 Å². The molecule has 1 aromatic carbocycles. The van der Waals surface area contributed by atoms with Crippen LogP contribution >= 0.6 is 0 Å². The van der Waals surface area contributed by atoms with Crippen molar-refractivity contribution in [2.45, 2.75) is 18.4 Å². The number of nitrogens with zero attached hydrogens (tertiary/aromatic N) is 1. The summed E-state index contributed by atoms with van der Waals surface area (Å²) in [7, 11) is -3.70. The Hall–Kier alpha value is -2.38. The van der Waals surface area contributed by atoms with Gasteiger partial charge in [-0.05, 0) is 43.3 Å². The number of hydrogen-bond acceptors (Lipinski definition) is 5. The van der Waals surface area contributed by atoms with E-state index < -0.39 is 10.0 Å². The van der Waals surface area contributed by atoms with Crippen LogP contribution in [0.4, 0.5) is 0 Å². The summed E-state index contributed by atoms with van der Waals surface area (Å²) in [5.74, 6) is 1.11. The predicted molar refractivity (Wildman–Crippen MR) is 85.6 cm³/mol. The zero-order valence-electron chi connectivity index (χ0n) is 12.5. The lowest BCUT2D eigenvalue weighted by atomic mass is 10.2. The van der Waals surface area contributed by atoms with Gasteiger partial charge >= 0.3 is 0 Å². The normalized spacial score (nSPS) is 11.7. The van der Waals surface area contributed by atoms with Gasteiger partial charge in [-0.25, -0.2) is 13.1 Å². The fourth-order valence-corrected chi connectivity index (χ4v) is 3.47. The molecule has 0 saturated heterocycles. The van der Waals surface area contributed by atoms with Crippen molar-refractivity contribution in [1.82, 2.24) is 9.71 Å². The summed E-state index contributed by atoms with van der Waals surface area (Å²) in [5, 5.41) is 0.519. The number of nitrogens with one attached hydrogen (secondary N) is 1. The Labute approximate surface area is 134 Å². The third-order valence-corrected chi connectivity index (χ3v) is 4.76. The van der Waals surface area contributed by atoms with E-state index in [1.54, 1.807) is 36.5 Å². The van der Waals surface area contributed by atoms with Gasteiger partial charge in [0.05, 0.1) is 24.3 Å². The SMILES string of the molecule is CCOc1ccc(S(=O)(=O)NCc2ccco2)c2cccnc12. The minimum atomic E-state index is -3.70. The number of rotatable bonds is 6. The van der Waals surface area contributed by atoms with Crippen LogP contribution in [0.1, 0.15) is 12.7 Å². The molecule has 0 aliphatic heterocycles. The van der Waals surface area contributed by atoms with Crippen LogP contribution < -0.4 is 9.46 Å². The van der Waals surface area contributed by atoms with E-state index in [9.17, 15) is 8.42 Å². The number of furan rings is 1. The molecule has 0 fully saturated rings. The molecule has 2 heterocycles. The molecule has 1 N–H and O–H groups in total. The standard InChI is InChI=1S/C16H16N2O4S/c1-2-21-14-7-8-15(13-6-3-9-17-16(13)14)23(19,20)18-11-12-5-4-10-22-12/h3-10,18H,2,11H2,1H3. The van der Waals surface area contributed by atoms with E-state index in [1.165, 1.54) is 12.3 Å². The van der Waals surface area contributed by atoms with Gasteiger partial charge in [-0.15, -0.1) is 0 Å². The van der Waals surface area contributed by atoms with Gasteiger partial charge in [0.15, 0.2) is 0 Å². The lowest BCUT2D eigenvalue weighted by Gasteiger charge is -2.11. The molecule has 0 amide bonds. The first kappa shape index (κ1) is 15.5. The lowest BCUT2D eigenvalue weighted by molar-refractivity contribution is 0.343. The smallest absolute Gasteiger partial charge is 0.241 e. The molecule has 2 aromatic heterocycles. The summed E-state index contributed by atoms with van der Waals surface area (Å²) in [6, 6.07) is 9.98. The van der Waals surface area contributed by atoms with Crippen LogP contribution in [0.25, 0.3) is 10.9 Å². The van der Waals surface area contributed by atoms with E-state index >= 15 is 0 Å². The van der Waals surface area contributed by atoms with Crippen molar-refractivity contribution in [3.8, 4) is 5.75 Å². The van der Waals surface area contributed by atoms with Crippen LogP contribution in [-0.2, 0) is 16.6 Å². The summed E-state index contributed by atoms with van der Waals surface area (Å²) in [6.45, 7) is 2.43. The van der Waals surface area contributed by atoms with Crippen molar-refractivity contribution in [3.63, 3.8) is 0 Å². The Morgan fingerprint density at radius 2 is 2.09 bits per heavy atom. The highest BCUT2D eigenvalue weighted by molar-refractivity contribution is 7.89. The molecule has 0 unspecified atom stereocenters. The third-order valence-electron chi connectivity index (χ3n) is 3.30. The van der Waals surface area contributed by atoms with E-state index in [2.05, 4.69) is 9.71 Å². The Kier molecular flexibility index (Phi) is 4.31. The highest BCUT2D eigenvalue weighted by Crippen LogP contribution is 2.29. The largest absolute Gasteiger partial charge is 0.492 e. The molecule has 120 valence electrons. The van der Waals surface area contributed by atoms with Crippen molar-refractivity contribution in [3.05, 3.63) is 54.6 Å². The summed E-state index contributed by atoms with van der Waals surface area (Å²) in [6.07, 6.45) is 3.11. The van der Waals surface area contributed by atoms with Gasteiger partial charge in [0, 0.05) is 11.6 Å². The quantitative estimate of drug-likeness (QED) is 0.750. The minimum absolute atomic E-state index is 0.0876. The van der Waals surface area contributed by atoms with Crippen LogP contribution in [-0.4, -0.2) is 20.0 Å². The number of fused-ring (bicyclic) bond motifs is 1. The van der Waals surface area contributed by atoms with Gasteiger partial charge in [-0.1, -0.05) is 0 Å². The minimum Gasteiger partial charge on any atom is -0.492 e. The van der Waals surface area contributed by atoms with Crippen LogP contribution in [0.5, 0.6) is 5.75 Å². The maximum Gasteiger partial charge on any atom is 0.241 e. The summed E-state index contributed by atoms with van der Waals surface area (Å²) in [5.41, 5.74) is 0.523. The molecule has 7 heteroatoms. The lowest BCUT2D eigenvalue weighted by Crippen LogP contribution is -2.23. The topological polar surface area (TPSA) is 81.4 Å². The highest BCUT2D eigenvalue weighted by atomic mass is 32.2. The van der Waals surface area contributed by atoms with Crippen LogP contribution in [0.15, 0.2) is 58.2 Å². The first-order valence-electron chi connectivity index (χ1n) is 7.14. The summed E-state index contributed by atoms with van der Waals surface area (Å²) < 4.78 is 38.4. The van der Waals surface area contributed by atoms with Gasteiger partial charge in [0.1, 0.15) is 17.0 Å². The van der Waals surface area contributed by atoms with Crippen molar-refractivity contribution in [2.75, 3.05) is 6.61 Å². The van der Waals surface area contributed by atoms with Crippen molar-refractivity contribution >= 4 is 20.9 Å². The Bertz CT molecular complexity index is 905. The Morgan fingerprint density at radius 3 is 2.83 bits per heavy atom. The monoisotopic (exact) mass is 332 g/mol. The number of sulfonamides is 1. The zero-order valence-corrected chi connectivity index (χ0v) is 13.3. The van der Waals surface area contributed by atoms with E-state index in [1.807, 2.05) is 6.92 Å². The average Bonchev–Trinajstić information content (AvgIpc) is 3.07. The zero-order chi connectivity index (χ0) is 16.3. The molecule has 0 bridgehead atoms. The summed E-state index contributed by atoms with van der Waals surface area (Å²) in [4.78, 5) is 4.41. The number of pyridine rings is 1. The Balaban J connectivity index is 2.00. The molecule has 3 rings (SSSR count). The molecule has 0 aliphatic carbocycles. The second-order valence-electron chi connectivity index (χ2n) is 4.80. The highest BCUT2D eigenvalue weighted by Gasteiger charge is 2.19. The maximum atomic E-state index is 12.6. The van der Waals surface area contributed by atoms with E-state index in [0.717, 1.165) is 0 Å². The van der Waals surface area contributed by atoms with Crippen molar-refractivity contribution in [1.29, 1.82) is 0 Å². The van der Waals surface area contributed by atoms with Crippen molar-refractivity contribution < 1.29 is 17.6 Å². The molecule has 3 aromatic rings. The number of hydrogen-bond donors (Lipinski definition) is 1. The number of ether oxygens (including phenoxy) is 1.